The number of aryl methyl sites for hydroxylation is 2. The number of alkyl halides is 1. The van der Waals surface area contributed by atoms with Gasteiger partial charge in [-0.2, -0.15) is 4.98 Å². The van der Waals surface area contributed by atoms with Crippen LogP contribution < -0.4 is 0 Å². The van der Waals surface area contributed by atoms with Gasteiger partial charge in [-0.25, -0.2) is 4.98 Å². The van der Waals surface area contributed by atoms with Gasteiger partial charge in [0.25, 0.3) is 0 Å². The Morgan fingerprint density at radius 3 is 2.75 bits per heavy atom. The number of rotatable bonds is 3. The number of imidazole rings is 1. The molecule has 1 aromatic carbocycles. The molecule has 0 amide bonds. The number of para-hydroxylation sites is 1. The molecular formula is C14H15ClN4O. The monoisotopic (exact) mass is 290 g/mol. The average Bonchev–Trinajstić information content (AvgIpc) is 2.95. The molecule has 20 heavy (non-hydrogen) atoms. The van der Waals surface area contributed by atoms with Crippen LogP contribution in [0.3, 0.4) is 0 Å². The summed E-state index contributed by atoms with van der Waals surface area (Å²) >= 11 is 6.25. The van der Waals surface area contributed by atoms with Crippen molar-refractivity contribution in [2.24, 2.45) is 0 Å². The number of hydrogen-bond donors (Lipinski definition) is 0. The molecule has 0 bridgehead atoms. The van der Waals surface area contributed by atoms with E-state index in [1.165, 1.54) is 0 Å². The normalized spacial score (nSPS) is 13.0. The Morgan fingerprint density at radius 2 is 2.10 bits per heavy atom. The summed E-state index contributed by atoms with van der Waals surface area (Å²) in [7, 11) is 0. The van der Waals surface area contributed by atoms with E-state index < -0.39 is 0 Å². The maximum absolute atomic E-state index is 6.25. The molecule has 3 rings (SSSR count). The Hall–Kier alpha value is -1.88. The molecule has 104 valence electrons. The van der Waals surface area contributed by atoms with Gasteiger partial charge >= 0.3 is 0 Å². The predicted molar refractivity (Wildman–Crippen MR) is 76.9 cm³/mol. The highest BCUT2D eigenvalue weighted by atomic mass is 35.5. The van der Waals surface area contributed by atoms with Gasteiger partial charge in [0.2, 0.25) is 5.89 Å². The molecule has 0 saturated carbocycles. The van der Waals surface area contributed by atoms with Gasteiger partial charge in [-0.05, 0) is 32.4 Å². The van der Waals surface area contributed by atoms with Gasteiger partial charge in [-0.1, -0.05) is 17.3 Å². The Morgan fingerprint density at radius 1 is 1.30 bits per heavy atom. The molecule has 0 spiro atoms. The Kier molecular flexibility index (Phi) is 3.22. The Bertz CT molecular complexity index is 760. The van der Waals surface area contributed by atoms with Crippen LogP contribution in [0.4, 0.5) is 0 Å². The zero-order chi connectivity index (χ0) is 14.3. The molecule has 0 aliphatic carbocycles. The van der Waals surface area contributed by atoms with Crippen molar-refractivity contribution in [3.8, 4) is 0 Å². The predicted octanol–water partition coefficient (Wildman–Crippen LogP) is 3.38. The van der Waals surface area contributed by atoms with E-state index in [-0.39, 0.29) is 5.38 Å². The minimum absolute atomic E-state index is 0.189. The SMILES string of the molecule is Cc1noc(Cn2c(C(C)Cl)nc3cccc(C)c32)n1. The highest BCUT2D eigenvalue weighted by Crippen LogP contribution is 2.27. The van der Waals surface area contributed by atoms with Crippen LogP contribution in [0.5, 0.6) is 0 Å². The van der Waals surface area contributed by atoms with Crippen LogP contribution in [0.15, 0.2) is 22.7 Å². The van der Waals surface area contributed by atoms with Gasteiger partial charge in [0, 0.05) is 0 Å². The summed E-state index contributed by atoms with van der Waals surface area (Å²) in [4.78, 5) is 8.87. The topological polar surface area (TPSA) is 56.7 Å². The van der Waals surface area contributed by atoms with Crippen molar-refractivity contribution in [2.45, 2.75) is 32.7 Å². The van der Waals surface area contributed by atoms with Gasteiger partial charge in [0.1, 0.15) is 12.4 Å². The number of nitrogens with zero attached hydrogens (tertiary/aromatic N) is 4. The number of fused-ring (bicyclic) bond motifs is 1. The van der Waals surface area contributed by atoms with Crippen molar-refractivity contribution < 1.29 is 4.52 Å². The Balaban J connectivity index is 2.18. The van der Waals surface area contributed by atoms with Crippen LogP contribution in [-0.2, 0) is 6.54 Å². The van der Waals surface area contributed by atoms with Gasteiger partial charge in [-0.15, -0.1) is 11.6 Å². The van der Waals surface area contributed by atoms with E-state index in [0.29, 0.717) is 18.3 Å². The van der Waals surface area contributed by atoms with Crippen molar-refractivity contribution in [2.75, 3.05) is 0 Å². The second-order valence-corrected chi connectivity index (χ2v) is 5.50. The summed E-state index contributed by atoms with van der Waals surface area (Å²) in [5, 5.41) is 3.63. The van der Waals surface area contributed by atoms with Crippen molar-refractivity contribution in [3.63, 3.8) is 0 Å². The van der Waals surface area contributed by atoms with Gasteiger partial charge in [-0.3, -0.25) is 0 Å². The molecule has 0 fully saturated rings. The third kappa shape index (κ3) is 2.18. The highest BCUT2D eigenvalue weighted by molar-refractivity contribution is 6.20. The first kappa shape index (κ1) is 13.1. The maximum Gasteiger partial charge on any atom is 0.246 e. The summed E-state index contributed by atoms with van der Waals surface area (Å²) in [6.07, 6.45) is 0. The van der Waals surface area contributed by atoms with E-state index in [0.717, 1.165) is 22.4 Å². The first-order chi connectivity index (χ1) is 9.56. The molecule has 6 heteroatoms. The second kappa shape index (κ2) is 4.90. The molecule has 0 aliphatic rings. The summed E-state index contributed by atoms with van der Waals surface area (Å²) in [5.74, 6) is 2.00. The largest absolute Gasteiger partial charge is 0.337 e. The fourth-order valence-corrected chi connectivity index (χ4v) is 2.55. The van der Waals surface area contributed by atoms with E-state index >= 15 is 0 Å². The van der Waals surface area contributed by atoms with Crippen LogP contribution in [0.2, 0.25) is 0 Å². The number of aromatic nitrogens is 4. The molecule has 2 heterocycles. The quantitative estimate of drug-likeness (QED) is 0.694. The molecule has 5 nitrogen and oxygen atoms in total. The molecule has 1 atom stereocenters. The maximum atomic E-state index is 6.25. The zero-order valence-electron chi connectivity index (χ0n) is 11.6. The van der Waals surface area contributed by atoms with Crippen molar-refractivity contribution in [3.05, 3.63) is 41.3 Å². The van der Waals surface area contributed by atoms with Crippen molar-refractivity contribution in [1.82, 2.24) is 19.7 Å². The van der Waals surface area contributed by atoms with Gasteiger partial charge in [0.05, 0.1) is 16.4 Å². The second-order valence-electron chi connectivity index (χ2n) is 4.85. The molecule has 0 N–H and O–H groups in total. The van der Waals surface area contributed by atoms with Gasteiger partial charge in [0.15, 0.2) is 5.82 Å². The van der Waals surface area contributed by atoms with Crippen LogP contribution in [0, 0.1) is 13.8 Å². The third-order valence-corrected chi connectivity index (χ3v) is 3.41. The lowest BCUT2D eigenvalue weighted by molar-refractivity contribution is 0.367. The first-order valence-corrected chi connectivity index (χ1v) is 6.89. The molecule has 0 aliphatic heterocycles. The minimum atomic E-state index is -0.189. The molecule has 2 aromatic heterocycles. The fraction of sp³-hybridized carbons (Fsp3) is 0.357. The lowest BCUT2D eigenvalue weighted by atomic mass is 10.2. The molecule has 0 radical (unpaired) electrons. The van der Waals surface area contributed by atoms with E-state index in [1.807, 2.05) is 19.1 Å². The first-order valence-electron chi connectivity index (χ1n) is 6.45. The molecular weight excluding hydrogens is 276 g/mol. The fourth-order valence-electron chi connectivity index (χ4n) is 2.39. The lowest BCUT2D eigenvalue weighted by Crippen LogP contribution is -2.06. The zero-order valence-corrected chi connectivity index (χ0v) is 12.3. The number of halogens is 1. The highest BCUT2D eigenvalue weighted by Gasteiger charge is 2.18. The van der Waals surface area contributed by atoms with Crippen LogP contribution >= 0.6 is 11.6 Å². The van der Waals surface area contributed by atoms with Crippen LogP contribution in [0.1, 0.15) is 35.4 Å². The summed E-state index contributed by atoms with van der Waals surface area (Å²) in [5.41, 5.74) is 3.14. The van der Waals surface area contributed by atoms with E-state index in [1.54, 1.807) is 6.92 Å². The molecule has 1 unspecified atom stereocenters. The number of hydrogen-bond acceptors (Lipinski definition) is 4. The van der Waals surface area contributed by atoms with Crippen molar-refractivity contribution >= 4 is 22.6 Å². The van der Waals surface area contributed by atoms with Crippen LogP contribution in [-0.4, -0.2) is 19.7 Å². The lowest BCUT2D eigenvalue weighted by Gasteiger charge is -2.09. The van der Waals surface area contributed by atoms with Crippen LogP contribution in [0.25, 0.3) is 11.0 Å². The van der Waals surface area contributed by atoms with E-state index in [9.17, 15) is 0 Å². The molecule has 0 saturated heterocycles. The van der Waals surface area contributed by atoms with Gasteiger partial charge < -0.3 is 9.09 Å². The third-order valence-electron chi connectivity index (χ3n) is 3.22. The van der Waals surface area contributed by atoms with E-state index in [4.69, 9.17) is 16.1 Å². The Labute approximate surface area is 121 Å². The smallest absolute Gasteiger partial charge is 0.246 e. The van der Waals surface area contributed by atoms with Crippen molar-refractivity contribution in [1.29, 1.82) is 0 Å². The minimum Gasteiger partial charge on any atom is -0.337 e. The standard InChI is InChI=1S/C14H15ClN4O/c1-8-5-4-6-11-13(8)19(14(17-11)9(2)15)7-12-16-10(3)18-20-12/h4-6,9H,7H2,1-3H3. The molecule has 3 aromatic rings. The number of benzene rings is 1. The summed E-state index contributed by atoms with van der Waals surface area (Å²) in [6.45, 7) is 6.25. The van der Waals surface area contributed by atoms with E-state index in [2.05, 4.69) is 32.7 Å². The average molecular weight is 291 g/mol. The summed E-state index contributed by atoms with van der Waals surface area (Å²) in [6, 6.07) is 6.04. The summed E-state index contributed by atoms with van der Waals surface area (Å²) < 4.78 is 7.26.